The molecule has 0 aliphatic rings. The third kappa shape index (κ3) is 3.67. The molecule has 0 unspecified atom stereocenters. The number of carbonyl (C=O) groups is 1. The van der Waals surface area contributed by atoms with Crippen molar-refractivity contribution in [1.82, 2.24) is 0 Å². The van der Waals surface area contributed by atoms with Gasteiger partial charge in [-0.1, -0.05) is 6.92 Å². The zero-order valence-electron chi connectivity index (χ0n) is 7.87. The second-order valence-electron chi connectivity index (χ2n) is 2.42. The number of hydrogen-bond acceptors (Lipinski definition) is 5. The number of carbonyl (C=O) groups excluding carboxylic acids is 1. The highest BCUT2D eigenvalue weighted by atomic mass is 32.2. The maximum atomic E-state index is 11.8. The van der Waals surface area contributed by atoms with Crippen molar-refractivity contribution in [3.05, 3.63) is 0 Å². The SMILES string of the molecule is CC[C@H](OS(=O)(=O)C(F)(F)F)C(=O)OC. The molecule has 9 heteroatoms. The van der Waals surface area contributed by atoms with Crippen LogP contribution >= 0.6 is 0 Å². The van der Waals surface area contributed by atoms with Crippen LogP contribution < -0.4 is 0 Å². The smallest absolute Gasteiger partial charge is 0.467 e. The number of ether oxygens (including phenoxy) is 1. The molecule has 0 aromatic heterocycles. The Morgan fingerprint density at radius 2 is 1.87 bits per heavy atom. The first-order chi connectivity index (χ1) is 6.65. The first kappa shape index (κ1) is 14.2. The Labute approximate surface area is 84.3 Å². The van der Waals surface area contributed by atoms with Gasteiger partial charge in [-0.05, 0) is 6.42 Å². The average molecular weight is 250 g/mol. The fourth-order valence-electron chi connectivity index (χ4n) is 0.613. The monoisotopic (exact) mass is 250 g/mol. The standard InChI is InChI=1S/C6H9F3O5S/c1-3-4(5(10)13-2)14-15(11,12)6(7,8)9/h4H,3H2,1-2H3/t4-/m0/s1. The van der Waals surface area contributed by atoms with Gasteiger partial charge in [-0.2, -0.15) is 21.6 Å². The zero-order chi connectivity index (χ0) is 12.3. The molecule has 0 aliphatic carbocycles. The number of rotatable bonds is 4. The first-order valence-electron chi connectivity index (χ1n) is 3.73. The molecule has 0 aliphatic heterocycles. The van der Waals surface area contributed by atoms with Crippen molar-refractivity contribution in [3.63, 3.8) is 0 Å². The van der Waals surface area contributed by atoms with Gasteiger partial charge in [0.1, 0.15) is 0 Å². The normalized spacial score (nSPS) is 14.7. The number of esters is 1. The Hall–Kier alpha value is -0.830. The summed E-state index contributed by atoms with van der Waals surface area (Å²) < 4.78 is 64.2. The van der Waals surface area contributed by atoms with Crippen LogP contribution in [0.4, 0.5) is 13.2 Å². The van der Waals surface area contributed by atoms with Gasteiger partial charge in [-0.15, -0.1) is 0 Å². The number of alkyl halides is 3. The second-order valence-corrected chi connectivity index (χ2v) is 3.98. The van der Waals surface area contributed by atoms with Gasteiger partial charge in [0.05, 0.1) is 7.11 Å². The lowest BCUT2D eigenvalue weighted by Crippen LogP contribution is -2.34. The van der Waals surface area contributed by atoms with Crippen LogP contribution in [0.2, 0.25) is 0 Å². The van der Waals surface area contributed by atoms with Crippen molar-refractivity contribution in [2.45, 2.75) is 25.0 Å². The lowest BCUT2D eigenvalue weighted by Gasteiger charge is -2.14. The topological polar surface area (TPSA) is 69.7 Å². The summed E-state index contributed by atoms with van der Waals surface area (Å²) in [7, 11) is -4.85. The quantitative estimate of drug-likeness (QED) is 0.419. The fraction of sp³-hybridized carbons (Fsp3) is 0.833. The van der Waals surface area contributed by atoms with Gasteiger partial charge in [0, 0.05) is 0 Å². The Balaban J connectivity index is 4.79. The largest absolute Gasteiger partial charge is 0.523 e. The molecule has 0 rings (SSSR count). The van der Waals surface area contributed by atoms with Gasteiger partial charge in [-0.3, -0.25) is 0 Å². The summed E-state index contributed by atoms with van der Waals surface area (Å²) in [6.07, 6.45) is -2.02. The van der Waals surface area contributed by atoms with Crippen molar-refractivity contribution in [1.29, 1.82) is 0 Å². The van der Waals surface area contributed by atoms with E-state index >= 15 is 0 Å². The van der Waals surface area contributed by atoms with Gasteiger partial charge in [0.25, 0.3) is 0 Å². The molecule has 0 aromatic rings. The van der Waals surface area contributed by atoms with Crippen LogP contribution in [0.25, 0.3) is 0 Å². The van der Waals surface area contributed by atoms with Crippen molar-refractivity contribution in [2.75, 3.05) is 7.11 Å². The van der Waals surface area contributed by atoms with E-state index < -0.39 is 27.7 Å². The maximum Gasteiger partial charge on any atom is 0.523 e. The van der Waals surface area contributed by atoms with E-state index in [-0.39, 0.29) is 6.42 Å². The van der Waals surface area contributed by atoms with E-state index in [0.717, 1.165) is 7.11 Å². The molecule has 0 amide bonds. The summed E-state index contributed by atoms with van der Waals surface area (Å²) in [6.45, 7) is 1.29. The van der Waals surface area contributed by atoms with Crippen molar-refractivity contribution in [3.8, 4) is 0 Å². The Bertz CT molecular complexity index is 320. The molecular formula is C6H9F3O5S. The fourth-order valence-corrected chi connectivity index (χ4v) is 1.24. The van der Waals surface area contributed by atoms with Crippen LogP contribution in [0, 0.1) is 0 Å². The van der Waals surface area contributed by atoms with Gasteiger partial charge >= 0.3 is 21.6 Å². The summed E-state index contributed by atoms with van der Waals surface area (Å²) in [4.78, 5) is 10.8. The lowest BCUT2D eigenvalue weighted by molar-refractivity contribution is -0.149. The highest BCUT2D eigenvalue weighted by Crippen LogP contribution is 2.26. The highest BCUT2D eigenvalue weighted by molar-refractivity contribution is 7.87. The minimum absolute atomic E-state index is 0.248. The van der Waals surface area contributed by atoms with E-state index in [2.05, 4.69) is 8.92 Å². The predicted molar refractivity (Wildman–Crippen MR) is 42.2 cm³/mol. The van der Waals surface area contributed by atoms with E-state index in [1.807, 2.05) is 0 Å². The van der Waals surface area contributed by atoms with Crippen LogP contribution in [-0.2, 0) is 23.8 Å². The molecule has 0 fully saturated rings. The van der Waals surface area contributed by atoms with Crippen LogP contribution in [0.5, 0.6) is 0 Å². The molecule has 0 spiro atoms. The number of halogens is 3. The van der Waals surface area contributed by atoms with E-state index in [1.165, 1.54) is 6.92 Å². The minimum Gasteiger partial charge on any atom is -0.467 e. The van der Waals surface area contributed by atoms with Crippen LogP contribution in [0.15, 0.2) is 0 Å². The average Bonchev–Trinajstić information content (AvgIpc) is 2.11. The molecule has 0 saturated heterocycles. The Kier molecular flexibility index (Phi) is 4.53. The molecule has 5 nitrogen and oxygen atoms in total. The minimum atomic E-state index is -5.76. The van der Waals surface area contributed by atoms with E-state index in [1.54, 1.807) is 0 Å². The van der Waals surface area contributed by atoms with Crippen molar-refractivity contribution >= 4 is 16.1 Å². The first-order valence-corrected chi connectivity index (χ1v) is 5.14. The van der Waals surface area contributed by atoms with Crippen LogP contribution in [0.1, 0.15) is 13.3 Å². The molecule has 15 heavy (non-hydrogen) atoms. The maximum absolute atomic E-state index is 11.8. The van der Waals surface area contributed by atoms with E-state index in [0.29, 0.717) is 0 Å². The molecule has 0 aromatic carbocycles. The van der Waals surface area contributed by atoms with Crippen LogP contribution in [0.3, 0.4) is 0 Å². The molecule has 1 atom stereocenters. The number of methoxy groups -OCH3 is 1. The van der Waals surface area contributed by atoms with Crippen molar-refractivity contribution in [2.24, 2.45) is 0 Å². The molecule has 0 heterocycles. The molecule has 0 N–H and O–H groups in total. The third-order valence-electron chi connectivity index (χ3n) is 1.36. The van der Waals surface area contributed by atoms with E-state index in [9.17, 15) is 26.4 Å². The molecule has 0 bridgehead atoms. The lowest BCUT2D eigenvalue weighted by atomic mass is 10.3. The molecule has 0 saturated carbocycles. The Morgan fingerprint density at radius 3 is 2.13 bits per heavy atom. The van der Waals surface area contributed by atoms with Gasteiger partial charge in [-0.25, -0.2) is 8.98 Å². The van der Waals surface area contributed by atoms with Gasteiger partial charge < -0.3 is 4.74 Å². The Morgan fingerprint density at radius 1 is 1.40 bits per heavy atom. The third-order valence-corrected chi connectivity index (χ3v) is 2.41. The summed E-state index contributed by atoms with van der Waals surface area (Å²) >= 11 is 0. The van der Waals surface area contributed by atoms with Gasteiger partial charge in [0.2, 0.25) is 0 Å². The van der Waals surface area contributed by atoms with Crippen molar-refractivity contribution < 1.29 is 35.3 Å². The summed E-state index contributed by atoms with van der Waals surface area (Å²) in [5.74, 6) is -1.18. The zero-order valence-corrected chi connectivity index (χ0v) is 8.68. The van der Waals surface area contributed by atoms with Crippen LogP contribution in [-0.4, -0.2) is 33.1 Å². The molecular weight excluding hydrogens is 241 g/mol. The summed E-state index contributed by atoms with van der Waals surface area (Å²) in [5, 5.41) is 0. The second kappa shape index (κ2) is 4.79. The molecule has 90 valence electrons. The number of hydrogen-bond donors (Lipinski definition) is 0. The van der Waals surface area contributed by atoms with E-state index in [4.69, 9.17) is 0 Å². The highest BCUT2D eigenvalue weighted by Gasteiger charge is 2.49. The summed E-state index contributed by atoms with van der Waals surface area (Å²) in [5.41, 5.74) is -5.55. The summed E-state index contributed by atoms with van der Waals surface area (Å²) in [6, 6.07) is 0. The van der Waals surface area contributed by atoms with Gasteiger partial charge in [0.15, 0.2) is 6.10 Å². The predicted octanol–water partition coefficient (Wildman–Crippen LogP) is 0.804. The molecule has 0 radical (unpaired) electrons.